The number of imidazole rings is 1. The van der Waals surface area contributed by atoms with Gasteiger partial charge in [-0.3, -0.25) is 14.7 Å². The third kappa shape index (κ3) is 6.43. The van der Waals surface area contributed by atoms with E-state index in [2.05, 4.69) is 35.8 Å². The minimum atomic E-state index is -0.586. The predicted molar refractivity (Wildman–Crippen MR) is 151 cm³/mol. The topological polar surface area (TPSA) is 155 Å². The first-order valence-corrected chi connectivity index (χ1v) is 13.0. The fourth-order valence-corrected chi connectivity index (χ4v) is 4.47. The number of aromatic amines is 1. The molecule has 5 aromatic rings. The van der Waals surface area contributed by atoms with E-state index in [1.165, 1.54) is 28.8 Å². The van der Waals surface area contributed by atoms with Crippen LogP contribution in [0.15, 0.2) is 59.7 Å². The highest BCUT2D eigenvalue weighted by Crippen LogP contribution is 2.29. The SMILES string of the molecule is COCCOC(=O)Nc1ccc(-c2nc(Cn3c(C)nc(-c4cc(Cl)ccc4-n4cnnn4)cc3=O)[nH]c2Cl)cc1. The Bertz CT molecular complexity index is 1740. The van der Waals surface area contributed by atoms with Crippen molar-refractivity contribution in [3.8, 4) is 28.2 Å². The summed E-state index contributed by atoms with van der Waals surface area (Å²) in [6.07, 6.45) is 0.860. The molecule has 3 heterocycles. The van der Waals surface area contributed by atoms with Crippen molar-refractivity contribution in [2.24, 2.45) is 0 Å². The summed E-state index contributed by atoms with van der Waals surface area (Å²) in [4.78, 5) is 37.3. The number of halogens is 2. The first-order valence-electron chi connectivity index (χ1n) is 12.2. The number of carbonyl (C=O) groups is 1. The second-order valence-corrected chi connectivity index (χ2v) is 9.52. The molecular formula is C26H23Cl2N9O4. The quantitative estimate of drug-likeness (QED) is 0.239. The summed E-state index contributed by atoms with van der Waals surface area (Å²) in [5, 5.41) is 14.7. The number of anilines is 1. The molecule has 0 aliphatic rings. The maximum Gasteiger partial charge on any atom is 0.411 e. The summed E-state index contributed by atoms with van der Waals surface area (Å²) < 4.78 is 12.8. The lowest BCUT2D eigenvalue weighted by atomic mass is 10.1. The monoisotopic (exact) mass is 595 g/mol. The Morgan fingerprint density at radius 3 is 2.59 bits per heavy atom. The molecule has 15 heteroatoms. The molecule has 0 radical (unpaired) electrons. The van der Waals surface area contributed by atoms with Gasteiger partial charge in [-0.2, -0.15) is 4.68 Å². The van der Waals surface area contributed by atoms with E-state index in [9.17, 15) is 9.59 Å². The Hall–Kier alpha value is -4.59. The van der Waals surface area contributed by atoms with Gasteiger partial charge in [0.1, 0.15) is 35.4 Å². The van der Waals surface area contributed by atoms with Gasteiger partial charge in [-0.1, -0.05) is 35.3 Å². The van der Waals surface area contributed by atoms with Crippen LogP contribution in [0, 0.1) is 6.92 Å². The van der Waals surface area contributed by atoms with Gasteiger partial charge in [-0.05, 0) is 47.7 Å². The Labute approximate surface area is 243 Å². The van der Waals surface area contributed by atoms with Crippen molar-refractivity contribution < 1.29 is 14.3 Å². The van der Waals surface area contributed by atoms with E-state index < -0.39 is 6.09 Å². The van der Waals surface area contributed by atoms with Crippen molar-refractivity contribution in [2.75, 3.05) is 25.6 Å². The maximum atomic E-state index is 13.2. The van der Waals surface area contributed by atoms with Gasteiger partial charge in [0, 0.05) is 35.0 Å². The van der Waals surface area contributed by atoms with E-state index in [4.69, 9.17) is 32.7 Å². The number of ether oxygens (including phenoxy) is 2. The summed E-state index contributed by atoms with van der Waals surface area (Å²) in [7, 11) is 1.52. The standard InChI is InChI=1S/C26H23Cl2N9O4/c1-15-30-20(19-11-17(27)5-8-21(19)37-14-29-34-35-37)12-23(38)36(15)13-22-32-24(25(28)33-22)16-3-6-18(7-4-16)31-26(39)41-10-9-40-2/h3-8,11-12,14H,9-10,13H2,1-2H3,(H,31,39)(H,32,33). The normalized spacial score (nSPS) is 11.0. The van der Waals surface area contributed by atoms with Crippen LogP contribution < -0.4 is 10.9 Å². The van der Waals surface area contributed by atoms with Crippen LogP contribution in [-0.2, 0) is 16.0 Å². The molecule has 41 heavy (non-hydrogen) atoms. The maximum absolute atomic E-state index is 13.2. The lowest BCUT2D eigenvalue weighted by molar-refractivity contribution is 0.107. The zero-order chi connectivity index (χ0) is 28.9. The second-order valence-electron chi connectivity index (χ2n) is 8.71. The number of methoxy groups -OCH3 is 1. The smallest absolute Gasteiger partial charge is 0.411 e. The lowest BCUT2D eigenvalue weighted by Gasteiger charge is -2.12. The molecule has 0 aliphatic heterocycles. The van der Waals surface area contributed by atoms with Crippen LogP contribution in [0.3, 0.4) is 0 Å². The Morgan fingerprint density at radius 2 is 1.88 bits per heavy atom. The van der Waals surface area contributed by atoms with E-state index >= 15 is 0 Å². The first kappa shape index (κ1) is 28.0. The number of carbonyl (C=O) groups excluding carboxylic acids is 1. The van der Waals surface area contributed by atoms with Crippen molar-refractivity contribution in [3.63, 3.8) is 0 Å². The number of nitrogens with one attached hydrogen (secondary N) is 2. The summed E-state index contributed by atoms with van der Waals surface area (Å²) in [6.45, 7) is 2.29. The van der Waals surface area contributed by atoms with Crippen molar-refractivity contribution in [2.45, 2.75) is 13.5 Å². The number of rotatable bonds is 9. The molecule has 0 unspecified atom stereocenters. The van der Waals surface area contributed by atoms with Crippen LogP contribution in [0.25, 0.3) is 28.2 Å². The van der Waals surface area contributed by atoms with Crippen molar-refractivity contribution >= 4 is 35.0 Å². The molecule has 0 saturated heterocycles. The highest BCUT2D eigenvalue weighted by molar-refractivity contribution is 6.32. The molecule has 0 aliphatic carbocycles. The van der Waals surface area contributed by atoms with Crippen molar-refractivity contribution in [3.05, 3.63) is 87.0 Å². The van der Waals surface area contributed by atoms with Gasteiger partial charge in [0.2, 0.25) is 0 Å². The van der Waals surface area contributed by atoms with E-state index in [1.807, 2.05) is 0 Å². The number of nitrogens with zero attached hydrogens (tertiary/aromatic N) is 7. The number of benzene rings is 2. The number of H-pyrrole nitrogens is 1. The molecule has 0 spiro atoms. The molecule has 0 bridgehead atoms. The summed E-state index contributed by atoms with van der Waals surface area (Å²) in [6, 6.07) is 13.5. The number of aryl methyl sites for hydroxylation is 1. The molecule has 13 nitrogen and oxygen atoms in total. The molecule has 5 rings (SSSR count). The fourth-order valence-electron chi connectivity index (χ4n) is 4.03. The highest BCUT2D eigenvalue weighted by atomic mass is 35.5. The van der Waals surface area contributed by atoms with Gasteiger partial charge in [0.05, 0.1) is 24.5 Å². The molecule has 2 aromatic carbocycles. The summed E-state index contributed by atoms with van der Waals surface area (Å²) >= 11 is 12.7. The van der Waals surface area contributed by atoms with E-state index in [-0.39, 0.29) is 18.7 Å². The Kier molecular flexibility index (Phi) is 8.38. The molecule has 2 N–H and O–H groups in total. The second kappa shape index (κ2) is 12.3. The number of aromatic nitrogens is 8. The average molecular weight is 596 g/mol. The van der Waals surface area contributed by atoms with Crippen LogP contribution in [0.2, 0.25) is 10.2 Å². The van der Waals surface area contributed by atoms with Gasteiger partial charge in [-0.25, -0.2) is 14.8 Å². The number of hydrogen-bond acceptors (Lipinski definition) is 9. The highest BCUT2D eigenvalue weighted by Gasteiger charge is 2.16. The van der Waals surface area contributed by atoms with Crippen LogP contribution in [0.4, 0.5) is 10.5 Å². The fraction of sp³-hybridized carbons (Fsp3) is 0.192. The van der Waals surface area contributed by atoms with E-state index in [1.54, 1.807) is 49.4 Å². The van der Waals surface area contributed by atoms with E-state index in [0.717, 1.165) is 0 Å². The molecular weight excluding hydrogens is 573 g/mol. The zero-order valence-corrected chi connectivity index (χ0v) is 23.3. The number of tetrazole rings is 1. The minimum absolute atomic E-state index is 0.111. The van der Waals surface area contributed by atoms with Crippen LogP contribution in [-0.4, -0.2) is 66.1 Å². The number of amides is 1. The molecule has 210 valence electrons. The molecule has 0 saturated carbocycles. The van der Waals surface area contributed by atoms with E-state index in [0.29, 0.717) is 62.3 Å². The predicted octanol–water partition coefficient (Wildman–Crippen LogP) is 4.13. The van der Waals surface area contributed by atoms with Crippen LogP contribution in [0.5, 0.6) is 0 Å². The first-order chi connectivity index (χ1) is 19.8. The van der Waals surface area contributed by atoms with Crippen LogP contribution in [0.1, 0.15) is 11.6 Å². The van der Waals surface area contributed by atoms with Crippen LogP contribution >= 0.6 is 23.2 Å². The van der Waals surface area contributed by atoms with Gasteiger partial charge < -0.3 is 14.5 Å². The molecule has 0 atom stereocenters. The average Bonchev–Trinajstić information content (AvgIpc) is 3.61. The summed E-state index contributed by atoms with van der Waals surface area (Å²) in [5.74, 6) is 0.919. The Morgan fingerprint density at radius 1 is 1.07 bits per heavy atom. The zero-order valence-electron chi connectivity index (χ0n) is 21.8. The Balaban J connectivity index is 1.35. The largest absolute Gasteiger partial charge is 0.447 e. The summed E-state index contributed by atoms with van der Waals surface area (Å²) in [5.41, 5.74) is 3.10. The number of hydrogen-bond donors (Lipinski definition) is 2. The lowest BCUT2D eigenvalue weighted by Crippen LogP contribution is -2.24. The van der Waals surface area contributed by atoms with Crippen molar-refractivity contribution in [1.82, 2.24) is 39.7 Å². The van der Waals surface area contributed by atoms with Gasteiger partial charge >= 0.3 is 6.09 Å². The third-order valence-electron chi connectivity index (χ3n) is 5.97. The molecule has 1 amide bonds. The molecule has 0 fully saturated rings. The van der Waals surface area contributed by atoms with Gasteiger partial charge in [0.25, 0.3) is 5.56 Å². The van der Waals surface area contributed by atoms with Gasteiger partial charge in [-0.15, -0.1) is 5.10 Å². The third-order valence-corrected chi connectivity index (χ3v) is 6.48. The van der Waals surface area contributed by atoms with Crippen molar-refractivity contribution in [1.29, 1.82) is 0 Å². The van der Waals surface area contributed by atoms with Gasteiger partial charge in [0.15, 0.2) is 0 Å². The minimum Gasteiger partial charge on any atom is -0.447 e. The molecule has 3 aromatic heterocycles.